The first-order chi connectivity index (χ1) is 15.7. The zero-order chi connectivity index (χ0) is 22.1. The van der Waals surface area contributed by atoms with Gasteiger partial charge >= 0.3 is 6.09 Å². The first kappa shape index (κ1) is 20.6. The molecule has 32 heavy (non-hydrogen) atoms. The van der Waals surface area contributed by atoms with Crippen LogP contribution in [0.2, 0.25) is 0 Å². The van der Waals surface area contributed by atoms with Crippen molar-refractivity contribution < 1.29 is 14.3 Å². The number of benzene rings is 2. The van der Waals surface area contributed by atoms with Gasteiger partial charge in [-0.1, -0.05) is 43.0 Å². The molecule has 1 saturated heterocycles. The Hall–Kier alpha value is -3.28. The third-order valence-corrected chi connectivity index (χ3v) is 6.78. The second kappa shape index (κ2) is 8.69. The maximum atomic E-state index is 12.9. The van der Waals surface area contributed by atoms with Crippen molar-refractivity contribution in [2.75, 3.05) is 25.0 Å². The van der Waals surface area contributed by atoms with Crippen molar-refractivity contribution in [3.05, 3.63) is 77.9 Å². The molecule has 3 aliphatic rings. The predicted molar refractivity (Wildman–Crippen MR) is 123 cm³/mol. The van der Waals surface area contributed by atoms with Crippen LogP contribution in [-0.4, -0.2) is 36.6 Å². The Bertz CT molecular complexity index is 1020. The van der Waals surface area contributed by atoms with Crippen LogP contribution in [0.5, 0.6) is 0 Å². The van der Waals surface area contributed by atoms with Crippen molar-refractivity contribution >= 4 is 17.7 Å². The summed E-state index contributed by atoms with van der Waals surface area (Å²) in [6.45, 7) is 5.18. The number of ether oxygens (including phenoxy) is 1. The molecule has 2 N–H and O–H groups in total. The third kappa shape index (κ3) is 3.97. The molecule has 0 spiro atoms. The number of carbonyl (C=O) groups excluding carboxylic acids is 2. The Morgan fingerprint density at radius 3 is 2.72 bits per heavy atom. The lowest BCUT2D eigenvalue weighted by Crippen LogP contribution is -2.38. The molecule has 6 nitrogen and oxygen atoms in total. The zero-order valence-corrected chi connectivity index (χ0v) is 18.1. The minimum Gasteiger partial charge on any atom is -0.445 e. The van der Waals surface area contributed by atoms with Crippen LogP contribution in [0.25, 0.3) is 0 Å². The number of amides is 2. The fraction of sp³-hybridized carbons (Fsp3) is 0.385. The molecule has 0 radical (unpaired) electrons. The summed E-state index contributed by atoms with van der Waals surface area (Å²) in [7, 11) is 0. The monoisotopic (exact) mass is 431 g/mol. The van der Waals surface area contributed by atoms with Gasteiger partial charge < -0.3 is 20.3 Å². The second-order valence-corrected chi connectivity index (χ2v) is 8.94. The van der Waals surface area contributed by atoms with Crippen LogP contribution in [0, 0.1) is 11.8 Å². The van der Waals surface area contributed by atoms with Crippen molar-refractivity contribution in [2.45, 2.75) is 31.3 Å². The average molecular weight is 432 g/mol. The highest BCUT2D eigenvalue weighted by Crippen LogP contribution is 2.51. The lowest BCUT2D eigenvalue weighted by Gasteiger charge is -2.39. The lowest BCUT2D eigenvalue weighted by atomic mass is 9.79. The van der Waals surface area contributed by atoms with Crippen LogP contribution in [0.4, 0.5) is 10.5 Å². The minimum atomic E-state index is -0.333. The Labute approximate surface area is 188 Å². The molecular formula is C26H29N3O3. The molecule has 2 heterocycles. The quantitative estimate of drug-likeness (QED) is 0.652. The topological polar surface area (TPSA) is 70.7 Å². The van der Waals surface area contributed by atoms with Crippen LogP contribution in [0.3, 0.4) is 0 Å². The van der Waals surface area contributed by atoms with E-state index < -0.39 is 0 Å². The molecular weight excluding hydrogens is 402 g/mol. The number of rotatable bonds is 6. The molecule has 0 bridgehead atoms. The molecule has 1 saturated carbocycles. The van der Waals surface area contributed by atoms with Crippen LogP contribution in [-0.2, 0) is 4.74 Å². The van der Waals surface area contributed by atoms with E-state index >= 15 is 0 Å². The molecule has 2 fully saturated rings. The highest BCUT2D eigenvalue weighted by atomic mass is 16.6. The van der Waals surface area contributed by atoms with E-state index in [1.54, 1.807) is 6.08 Å². The summed E-state index contributed by atoms with van der Waals surface area (Å²) in [6.07, 6.45) is 4.50. The van der Waals surface area contributed by atoms with Gasteiger partial charge in [0.25, 0.3) is 5.91 Å². The highest BCUT2D eigenvalue weighted by molar-refractivity contribution is 5.95. The summed E-state index contributed by atoms with van der Waals surface area (Å²) in [6, 6.07) is 16.1. The van der Waals surface area contributed by atoms with Gasteiger partial charge in [-0.05, 0) is 54.5 Å². The van der Waals surface area contributed by atoms with Gasteiger partial charge in [0.05, 0.1) is 12.1 Å². The van der Waals surface area contributed by atoms with E-state index in [0.29, 0.717) is 18.0 Å². The van der Waals surface area contributed by atoms with E-state index in [0.717, 1.165) is 24.2 Å². The van der Waals surface area contributed by atoms with Crippen LogP contribution >= 0.6 is 0 Å². The van der Waals surface area contributed by atoms with Crippen LogP contribution < -0.4 is 10.6 Å². The molecule has 3 atom stereocenters. The number of carbonyl (C=O) groups is 2. The van der Waals surface area contributed by atoms with Gasteiger partial charge in [-0.15, -0.1) is 0 Å². The van der Waals surface area contributed by atoms with E-state index in [9.17, 15) is 9.59 Å². The smallest absolute Gasteiger partial charge is 0.410 e. The molecule has 0 aromatic heterocycles. The third-order valence-electron chi connectivity index (χ3n) is 6.78. The summed E-state index contributed by atoms with van der Waals surface area (Å²) < 4.78 is 5.40. The van der Waals surface area contributed by atoms with Crippen molar-refractivity contribution in [3.8, 4) is 0 Å². The van der Waals surface area contributed by atoms with Gasteiger partial charge in [-0.25, -0.2) is 4.79 Å². The maximum Gasteiger partial charge on any atom is 0.410 e. The van der Waals surface area contributed by atoms with E-state index in [1.807, 2.05) is 41.3 Å². The largest absolute Gasteiger partial charge is 0.445 e. The van der Waals surface area contributed by atoms with Gasteiger partial charge in [0.1, 0.15) is 6.61 Å². The lowest BCUT2D eigenvalue weighted by molar-refractivity contribution is 0.0951. The van der Waals surface area contributed by atoms with Gasteiger partial charge in [-0.2, -0.15) is 0 Å². The number of anilines is 1. The minimum absolute atomic E-state index is 0.0554. The van der Waals surface area contributed by atoms with Gasteiger partial charge in [0.15, 0.2) is 0 Å². The molecule has 1 aliphatic carbocycles. The first-order valence-corrected chi connectivity index (χ1v) is 11.4. The molecule has 2 aromatic rings. The molecule has 1 unspecified atom stereocenters. The molecule has 166 valence electrons. The van der Waals surface area contributed by atoms with Gasteiger partial charge in [-0.3, -0.25) is 4.79 Å². The zero-order valence-electron chi connectivity index (χ0n) is 18.1. The molecule has 2 aromatic carbocycles. The van der Waals surface area contributed by atoms with Crippen LogP contribution in [0.15, 0.2) is 61.2 Å². The van der Waals surface area contributed by atoms with E-state index in [1.165, 1.54) is 18.4 Å². The molecule has 2 amide bonds. The molecule has 6 heteroatoms. The Kier molecular flexibility index (Phi) is 5.60. The maximum absolute atomic E-state index is 12.9. The Morgan fingerprint density at radius 1 is 1.16 bits per heavy atom. The summed E-state index contributed by atoms with van der Waals surface area (Å²) >= 11 is 0. The van der Waals surface area contributed by atoms with E-state index in [4.69, 9.17) is 4.74 Å². The predicted octanol–water partition coefficient (Wildman–Crippen LogP) is 4.68. The summed E-state index contributed by atoms with van der Waals surface area (Å²) in [5.41, 5.74) is 3.77. The van der Waals surface area contributed by atoms with E-state index in [2.05, 4.69) is 29.3 Å². The number of nitrogens with zero attached hydrogens (tertiary/aromatic N) is 1. The van der Waals surface area contributed by atoms with Crippen molar-refractivity contribution in [2.24, 2.45) is 11.8 Å². The van der Waals surface area contributed by atoms with Crippen molar-refractivity contribution in [1.29, 1.82) is 0 Å². The Balaban J connectivity index is 1.48. The summed E-state index contributed by atoms with van der Waals surface area (Å²) in [5, 5.41) is 6.74. The summed E-state index contributed by atoms with van der Waals surface area (Å²) in [4.78, 5) is 27.4. The standard InChI is InChI=1S/C26H29N3O3/c1-2-14-32-26(31)29-13-12-20-23(18-6-4-3-5-7-18)28-22-11-10-19(15-21(22)24(20)29)25(30)27-16-17-8-9-17/h2-7,10-11,15,17,20,23-24,28H,1,8-9,12-14,16H2,(H,27,30)/t20-,23?,24-/m0/s1. The van der Waals surface area contributed by atoms with E-state index in [-0.39, 0.29) is 36.6 Å². The normalized spacial score (nSPS) is 23.5. The van der Waals surface area contributed by atoms with Crippen molar-refractivity contribution in [1.82, 2.24) is 10.2 Å². The fourth-order valence-electron chi connectivity index (χ4n) is 4.99. The number of hydrogen-bond donors (Lipinski definition) is 2. The highest BCUT2D eigenvalue weighted by Gasteiger charge is 2.47. The molecule has 2 aliphatic heterocycles. The number of nitrogens with one attached hydrogen (secondary N) is 2. The number of fused-ring (bicyclic) bond motifs is 3. The second-order valence-electron chi connectivity index (χ2n) is 8.94. The average Bonchev–Trinajstić information content (AvgIpc) is 3.56. The Morgan fingerprint density at radius 2 is 1.97 bits per heavy atom. The SMILES string of the molecule is C=CCOC(=O)N1CC[C@H]2C(c3ccccc3)Nc3ccc(C(=O)NCC4CC4)cc3[C@H]21. The number of hydrogen-bond acceptors (Lipinski definition) is 4. The fourth-order valence-corrected chi connectivity index (χ4v) is 4.99. The molecule has 5 rings (SSSR count). The van der Waals surface area contributed by atoms with Gasteiger partial charge in [0, 0.05) is 30.3 Å². The van der Waals surface area contributed by atoms with Crippen molar-refractivity contribution in [3.63, 3.8) is 0 Å². The van der Waals surface area contributed by atoms with Gasteiger partial charge in [0.2, 0.25) is 0 Å². The first-order valence-electron chi connectivity index (χ1n) is 11.4. The number of likely N-dealkylation sites (tertiary alicyclic amines) is 1. The summed E-state index contributed by atoms with van der Waals surface area (Å²) in [5.74, 6) is 0.755. The van der Waals surface area contributed by atoms with Crippen LogP contribution in [0.1, 0.15) is 52.8 Å².